The van der Waals surface area contributed by atoms with E-state index in [-0.39, 0.29) is 23.4 Å². The second-order valence-corrected chi connectivity index (χ2v) is 5.40. The number of nitro groups is 1. The van der Waals surface area contributed by atoms with Crippen LogP contribution in [-0.4, -0.2) is 44.0 Å². The van der Waals surface area contributed by atoms with Gasteiger partial charge in [-0.2, -0.15) is 0 Å². The summed E-state index contributed by atoms with van der Waals surface area (Å²) < 4.78 is 20.0. The summed E-state index contributed by atoms with van der Waals surface area (Å²) in [5, 5.41) is 14.1. The maximum atomic E-state index is 13.5. The molecule has 0 fully saturated rings. The molecule has 0 bridgehead atoms. The van der Waals surface area contributed by atoms with Crippen molar-refractivity contribution in [3.63, 3.8) is 0 Å². The lowest BCUT2D eigenvalue weighted by molar-refractivity contribution is -0.384. The number of ether oxygens (including phenoxy) is 1. The Labute approximate surface area is 141 Å². The van der Waals surface area contributed by atoms with Gasteiger partial charge in [0.15, 0.2) is 5.82 Å². The molecule has 0 aliphatic carbocycles. The molecule has 0 aliphatic heterocycles. The van der Waals surface area contributed by atoms with Gasteiger partial charge in [-0.15, -0.1) is 0 Å². The Balaban J connectivity index is 2.07. The van der Waals surface area contributed by atoms with Crippen molar-refractivity contribution in [2.45, 2.75) is 13.0 Å². The molecule has 3 aromatic heterocycles. The first-order chi connectivity index (χ1) is 12.0. The molecule has 1 atom stereocenters. The van der Waals surface area contributed by atoms with Gasteiger partial charge in [-0.05, 0) is 19.1 Å². The first kappa shape index (κ1) is 16.7. The molecule has 10 heteroatoms. The van der Waals surface area contributed by atoms with Gasteiger partial charge in [0.05, 0.1) is 17.7 Å². The minimum Gasteiger partial charge on any atom is -0.383 e. The zero-order chi connectivity index (χ0) is 18.0. The molecular weight excluding hydrogens is 331 g/mol. The highest BCUT2D eigenvalue weighted by molar-refractivity contribution is 5.63. The number of halogens is 1. The quantitative estimate of drug-likeness (QED) is 0.539. The number of aromatic nitrogens is 4. The van der Waals surface area contributed by atoms with E-state index in [0.717, 1.165) is 6.20 Å². The van der Waals surface area contributed by atoms with Crippen molar-refractivity contribution < 1.29 is 14.1 Å². The van der Waals surface area contributed by atoms with Crippen molar-refractivity contribution in [3.05, 3.63) is 46.7 Å². The van der Waals surface area contributed by atoms with Crippen LogP contribution in [0.1, 0.15) is 6.92 Å². The Morgan fingerprint density at radius 3 is 2.92 bits per heavy atom. The zero-order valence-corrected chi connectivity index (χ0v) is 13.5. The molecule has 25 heavy (non-hydrogen) atoms. The van der Waals surface area contributed by atoms with Gasteiger partial charge in [0.1, 0.15) is 23.4 Å². The molecule has 9 nitrogen and oxygen atoms in total. The van der Waals surface area contributed by atoms with Gasteiger partial charge < -0.3 is 10.1 Å². The van der Waals surface area contributed by atoms with Gasteiger partial charge in [-0.25, -0.2) is 19.3 Å². The van der Waals surface area contributed by atoms with Crippen LogP contribution < -0.4 is 5.32 Å². The summed E-state index contributed by atoms with van der Waals surface area (Å²) in [6, 6.07) is 2.61. The third kappa shape index (κ3) is 3.38. The van der Waals surface area contributed by atoms with Crippen LogP contribution in [0.25, 0.3) is 17.2 Å². The molecule has 3 heterocycles. The minimum absolute atomic E-state index is 0.0610. The van der Waals surface area contributed by atoms with Crippen molar-refractivity contribution >= 4 is 17.2 Å². The summed E-state index contributed by atoms with van der Waals surface area (Å²) >= 11 is 0. The van der Waals surface area contributed by atoms with Gasteiger partial charge >= 0.3 is 5.69 Å². The molecule has 1 N–H and O–H groups in total. The van der Waals surface area contributed by atoms with Crippen molar-refractivity contribution in [2.24, 2.45) is 0 Å². The summed E-state index contributed by atoms with van der Waals surface area (Å²) in [5.74, 6) is -0.192. The van der Waals surface area contributed by atoms with Gasteiger partial charge in [0.25, 0.3) is 0 Å². The molecule has 3 aromatic rings. The fourth-order valence-electron chi connectivity index (χ4n) is 2.38. The molecule has 0 radical (unpaired) electrons. The van der Waals surface area contributed by atoms with Crippen LogP contribution in [0.3, 0.4) is 0 Å². The summed E-state index contributed by atoms with van der Waals surface area (Å²) in [7, 11) is 1.53. The molecule has 0 spiro atoms. The highest BCUT2D eigenvalue weighted by Gasteiger charge is 2.20. The fourth-order valence-corrected chi connectivity index (χ4v) is 2.38. The highest BCUT2D eigenvalue weighted by Crippen LogP contribution is 2.26. The fraction of sp³-hybridized carbons (Fsp3) is 0.267. The second-order valence-electron chi connectivity index (χ2n) is 5.40. The molecule has 3 rings (SSSR count). The number of rotatable bonds is 6. The van der Waals surface area contributed by atoms with Crippen LogP contribution in [-0.2, 0) is 4.74 Å². The number of imidazole rings is 1. The summed E-state index contributed by atoms with van der Waals surface area (Å²) in [6.45, 7) is 2.15. The average molecular weight is 346 g/mol. The number of anilines is 1. The Kier molecular flexibility index (Phi) is 4.52. The van der Waals surface area contributed by atoms with Gasteiger partial charge in [0.2, 0.25) is 5.82 Å². The predicted molar refractivity (Wildman–Crippen MR) is 87.8 cm³/mol. The number of fused-ring (bicyclic) bond motifs is 1. The lowest BCUT2D eigenvalue weighted by Gasteiger charge is -2.13. The number of hydrogen-bond donors (Lipinski definition) is 1. The third-order valence-electron chi connectivity index (χ3n) is 3.46. The predicted octanol–water partition coefficient (Wildman–Crippen LogP) is 2.29. The Morgan fingerprint density at radius 1 is 1.40 bits per heavy atom. The van der Waals surface area contributed by atoms with Crippen LogP contribution in [0.15, 0.2) is 30.7 Å². The Hall–Kier alpha value is -3.14. The van der Waals surface area contributed by atoms with Gasteiger partial charge in [-0.3, -0.25) is 14.5 Å². The van der Waals surface area contributed by atoms with E-state index in [1.54, 1.807) is 6.92 Å². The number of pyridine rings is 1. The lowest BCUT2D eigenvalue weighted by atomic mass is 10.3. The van der Waals surface area contributed by atoms with Crippen molar-refractivity contribution in [3.8, 4) is 11.5 Å². The van der Waals surface area contributed by atoms with Crippen LogP contribution in [0.2, 0.25) is 0 Å². The summed E-state index contributed by atoms with van der Waals surface area (Å²) in [5.41, 5.74) is 0.680. The van der Waals surface area contributed by atoms with Crippen LogP contribution in [0.4, 0.5) is 15.9 Å². The Bertz CT molecular complexity index is 929. The summed E-state index contributed by atoms with van der Waals surface area (Å²) in [6.07, 6.45) is 3.85. The van der Waals surface area contributed by atoms with Gasteiger partial charge in [0, 0.05) is 19.3 Å². The van der Waals surface area contributed by atoms with Crippen molar-refractivity contribution in [1.29, 1.82) is 0 Å². The molecule has 0 aromatic carbocycles. The van der Waals surface area contributed by atoms with Gasteiger partial charge in [-0.1, -0.05) is 0 Å². The second kappa shape index (κ2) is 6.77. The largest absolute Gasteiger partial charge is 0.383 e. The monoisotopic (exact) mass is 346 g/mol. The molecule has 1 unspecified atom stereocenters. The molecule has 0 aliphatic rings. The van der Waals surface area contributed by atoms with Crippen molar-refractivity contribution in [2.75, 3.05) is 19.0 Å². The normalized spacial score (nSPS) is 12.3. The maximum absolute atomic E-state index is 13.5. The smallest absolute Gasteiger partial charge is 0.329 e. The van der Waals surface area contributed by atoms with Crippen molar-refractivity contribution in [1.82, 2.24) is 19.4 Å². The lowest BCUT2D eigenvalue weighted by Crippen LogP contribution is -2.22. The molecule has 0 saturated carbocycles. The number of nitrogens with zero attached hydrogens (tertiary/aromatic N) is 5. The molecule has 0 amide bonds. The van der Waals surface area contributed by atoms with E-state index in [1.165, 1.54) is 36.0 Å². The topological polar surface area (TPSA) is 107 Å². The highest BCUT2D eigenvalue weighted by atomic mass is 19.1. The molecule has 0 saturated heterocycles. The van der Waals surface area contributed by atoms with Crippen LogP contribution >= 0.6 is 0 Å². The first-order valence-corrected chi connectivity index (χ1v) is 7.39. The van der Waals surface area contributed by atoms with E-state index < -0.39 is 10.7 Å². The standard InChI is InChI=1S/C15H15FN6O3/c1-9(8-25-2)19-15-12(22(23)24)6-18-14(20-15)11-5-17-13-4-3-10(16)7-21(11)13/h3-7,9H,8H2,1-2H3,(H,18,19,20). The SMILES string of the molecule is COCC(C)Nc1nc(-c2cnc3ccc(F)cn23)ncc1[N+](=O)[O-]. The van der Waals surface area contributed by atoms with E-state index >= 15 is 0 Å². The molecule has 130 valence electrons. The van der Waals surface area contributed by atoms with E-state index in [2.05, 4.69) is 20.3 Å². The first-order valence-electron chi connectivity index (χ1n) is 7.39. The maximum Gasteiger partial charge on any atom is 0.329 e. The van der Waals surface area contributed by atoms with E-state index in [9.17, 15) is 14.5 Å². The number of hydrogen-bond acceptors (Lipinski definition) is 7. The zero-order valence-electron chi connectivity index (χ0n) is 13.5. The van der Waals surface area contributed by atoms with E-state index in [1.807, 2.05) is 0 Å². The number of nitrogens with one attached hydrogen (secondary N) is 1. The third-order valence-corrected chi connectivity index (χ3v) is 3.46. The summed E-state index contributed by atoms with van der Waals surface area (Å²) in [4.78, 5) is 23.1. The van der Waals surface area contributed by atoms with Crippen LogP contribution in [0, 0.1) is 15.9 Å². The van der Waals surface area contributed by atoms with E-state index in [4.69, 9.17) is 4.74 Å². The van der Waals surface area contributed by atoms with Crippen LogP contribution in [0.5, 0.6) is 0 Å². The Morgan fingerprint density at radius 2 is 2.20 bits per heavy atom. The minimum atomic E-state index is -0.570. The molecular formula is C15H15FN6O3. The van der Waals surface area contributed by atoms with E-state index in [0.29, 0.717) is 17.9 Å². The average Bonchev–Trinajstić information content (AvgIpc) is 2.97. The number of methoxy groups -OCH3 is 1.